The summed E-state index contributed by atoms with van der Waals surface area (Å²) in [5.41, 5.74) is 7.53. The first-order chi connectivity index (χ1) is 14.4. The Morgan fingerprint density at radius 3 is 2.80 bits per heavy atom. The standard InChI is InChI=1S/C26H32F2N2/c1-4-26(27,28)21-9-5-7-19(15-21)22-10-6-8-20(22)16-24-25-18(3)17(2)11-13-29-23(25)12-14-30-24/h5,7,9,12,14-15,20,22,29H,4,6,8,10-11,13,16H2,1-3H3. The van der Waals surface area contributed by atoms with Crippen LogP contribution in [0, 0.1) is 5.92 Å². The second-order valence-electron chi connectivity index (χ2n) is 8.95. The first-order valence-electron chi connectivity index (χ1n) is 11.3. The number of halogens is 2. The van der Waals surface area contributed by atoms with E-state index in [1.54, 1.807) is 25.1 Å². The van der Waals surface area contributed by atoms with Gasteiger partial charge in [0.2, 0.25) is 0 Å². The minimum absolute atomic E-state index is 0.151. The predicted octanol–water partition coefficient (Wildman–Crippen LogP) is 7.32. The van der Waals surface area contributed by atoms with Crippen molar-refractivity contribution in [1.29, 1.82) is 0 Å². The molecule has 30 heavy (non-hydrogen) atoms. The lowest BCUT2D eigenvalue weighted by Gasteiger charge is -2.23. The van der Waals surface area contributed by atoms with E-state index in [4.69, 9.17) is 4.98 Å². The molecule has 0 amide bonds. The first kappa shape index (κ1) is 21.0. The molecule has 0 saturated heterocycles. The molecule has 1 aliphatic carbocycles. The number of nitrogens with zero attached hydrogens (tertiary/aromatic N) is 1. The van der Waals surface area contributed by atoms with Gasteiger partial charge in [-0.3, -0.25) is 4.98 Å². The zero-order valence-electron chi connectivity index (χ0n) is 18.3. The van der Waals surface area contributed by atoms with Crippen LogP contribution in [0.2, 0.25) is 0 Å². The number of fused-ring (bicyclic) bond motifs is 1. The highest BCUT2D eigenvalue weighted by Gasteiger charge is 2.33. The third-order valence-electron chi connectivity index (χ3n) is 7.16. The summed E-state index contributed by atoms with van der Waals surface area (Å²) in [4.78, 5) is 4.79. The van der Waals surface area contributed by atoms with Crippen LogP contribution in [0.3, 0.4) is 0 Å². The maximum atomic E-state index is 14.3. The van der Waals surface area contributed by atoms with Crippen LogP contribution in [0.15, 0.2) is 42.1 Å². The number of aromatic nitrogens is 1. The summed E-state index contributed by atoms with van der Waals surface area (Å²) in [5, 5.41) is 3.56. The van der Waals surface area contributed by atoms with Gasteiger partial charge in [-0.05, 0) is 74.6 Å². The van der Waals surface area contributed by atoms with Crippen LogP contribution in [0.4, 0.5) is 14.5 Å². The van der Waals surface area contributed by atoms with E-state index in [0.29, 0.717) is 11.8 Å². The Morgan fingerprint density at radius 1 is 1.17 bits per heavy atom. The molecule has 4 rings (SSSR count). The Labute approximate surface area is 178 Å². The Morgan fingerprint density at radius 2 is 2.00 bits per heavy atom. The zero-order chi connectivity index (χ0) is 21.3. The molecule has 1 aromatic carbocycles. The zero-order valence-corrected chi connectivity index (χ0v) is 18.3. The van der Waals surface area contributed by atoms with Gasteiger partial charge in [-0.2, -0.15) is 0 Å². The van der Waals surface area contributed by atoms with E-state index in [2.05, 4.69) is 25.2 Å². The molecule has 2 nitrogen and oxygen atoms in total. The Hall–Kier alpha value is -2.23. The van der Waals surface area contributed by atoms with Crippen molar-refractivity contribution >= 4 is 11.3 Å². The summed E-state index contributed by atoms with van der Waals surface area (Å²) in [7, 11) is 0. The van der Waals surface area contributed by atoms with Crippen LogP contribution in [0.25, 0.3) is 5.57 Å². The molecule has 1 aliphatic heterocycles. The van der Waals surface area contributed by atoms with Crippen LogP contribution in [-0.4, -0.2) is 11.5 Å². The Balaban J connectivity index is 1.64. The molecule has 2 aliphatic rings. The fourth-order valence-electron chi connectivity index (χ4n) is 5.18. The van der Waals surface area contributed by atoms with E-state index < -0.39 is 5.92 Å². The topological polar surface area (TPSA) is 24.9 Å². The molecule has 2 aromatic rings. The van der Waals surface area contributed by atoms with Crippen LogP contribution in [0.1, 0.15) is 81.2 Å². The molecule has 0 spiro atoms. The summed E-state index contributed by atoms with van der Waals surface area (Å²) >= 11 is 0. The fourth-order valence-corrected chi connectivity index (χ4v) is 5.18. The number of benzene rings is 1. The van der Waals surface area contributed by atoms with Gasteiger partial charge in [0.1, 0.15) is 0 Å². The van der Waals surface area contributed by atoms with Crippen LogP contribution in [0.5, 0.6) is 0 Å². The number of allylic oxidation sites excluding steroid dienone is 1. The Kier molecular flexibility index (Phi) is 5.95. The average Bonchev–Trinajstić information content (AvgIpc) is 3.15. The molecular formula is C26H32F2N2. The van der Waals surface area contributed by atoms with Crippen molar-refractivity contribution in [3.8, 4) is 0 Å². The maximum Gasteiger partial charge on any atom is 0.273 e. The van der Waals surface area contributed by atoms with Crippen LogP contribution >= 0.6 is 0 Å². The quantitative estimate of drug-likeness (QED) is 0.558. The molecule has 1 fully saturated rings. The fraction of sp³-hybridized carbons (Fsp3) is 0.500. The molecule has 2 unspecified atom stereocenters. The Bertz CT molecular complexity index is 948. The van der Waals surface area contributed by atoms with Crippen molar-refractivity contribution in [2.45, 2.75) is 71.1 Å². The molecule has 4 heteroatoms. The van der Waals surface area contributed by atoms with Crippen molar-refractivity contribution in [2.24, 2.45) is 5.92 Å². The molecule has 2 heterocycles. The lowest BCUT2D eigenvalue weighted by Crippen LogP contribution is -2.15. The third-order valence-corrected chi connectivity index (χ3v) is 7.16. The minimum Gasteiger partial charge on any atom is -0.384 e. The number of nitrogens with one attached hydrogen (secondary N) is 1. The van der Waals surface area contributed by atoms with E-state index in [9.17, 15) is 8.78 Å². The van der Waals surface area contributed by atoms with Gasteiger partial charge < -0.3 is 5.32 Å². The molecule has 160 valence electrons. The second kappa shape index (κ2) is 8.49. The summed E-state index contributed by atoms with van der Waals surface area (Å²) in [6, 6.07) is 9.23. The highest BCUT2D eigenvalue weighted by atomic mass is 19.3. The molecule has 1 N–H and O–H groups in total. The molecule has 0 radical (unpaired) electrons. The lowest BCUT2D eigenvalue weighted by atomic mass is 9.83. The van der Waals surface area contributed by atoms with Gasteiger partial charge in [0.25, 0.3) is 5.92 Å². The van der Waals surface area contributed by atoms with E-state index in [-0.39, 0.29) is 12.0 Å². The van der Waals surface area contributed by atoms with Crippen LogP contribution in [-0.2, 0) is 12.3 Å². The summed E-state index contributed by atoms with van der Waals surface area (Å²) < 4.78 is 28.6. The third kappa shape index (κ3) is 4.01. The highest BCUT2D eigenvalue weighted by molar-refractivity contribution is 5.79. The second-order valence-corrected chi connectivity index (χ2v) is 8.95. The minimum atomic E-state index is -2.76. The molecule has 1 saturated carbocycles. The number of hydrogen-bond donors (Lipinski definition) is 1. The number of hydrogen-bond acceptors (Lipinski definition) is 2. The van der Waals surface area contributed by atoms with Gasteiger partial charge in [-0.1, -0.05) is 37.1 Å². The molecule has 2 atom stereocenters. The van der Waals surface area contributed by atoms with Crippen molar-refractivity contribution < 1.29 is 8.78 Å². The molecular weight excluding hydrogens is 378 g/mol. The lowest BCUT2D eigenvalue weighted by molar-refractivity contribution is -0.00839. The van der Waals surface area contributed by atoms with Crippen molar-refractivity contribution in [1.82, 2.24) is 4.98 Å². The smallest absolute Gasteiger partial charge is 0.273 e. The first-order valence-corrected chi connectivity index (χ1v) is 11.3. The van der Waals surface area contributed by atoms with E-state index in [1.807, 2.05) is 12.3 Å². The van der Waals surface area contributed by atoms with Crippen molar-refractivity contribution in [2.75, 3.05) is 11.9 Å². The van der Waals surface area contributed by atoms with Gasteiger partial charge in [-0.25, -0.2) is 8.78 Å². The summed E-state index contributed by atoms with van der Waals surface area (Å²) in [6.45, 7) is 6.91. The van der Waals surface area contributed by atoms with E-state index in [0.717, 1.165) is 49.9 Å². The summed E-state index contributed by atoms with van der Waals surface area (Å²) in [6.07, 6.45) is 7.01. The van der Waals surface area contributed by atoms with Crippen LogP contribution < -0.4 is 5.32 Å². The number of alkyl halides is 2. The largest absolute Gasteiger partial charge is 0.384 e. The van der Waals surface area contributed by atoms with E-state index >= 15 is 0 Å². The van der Waals surface area contributed by atoms with Crippen molar-refractivity contribution in [3.05, 3.63) is 64.5 Å². The highest BCUT2D eigenvalue weighted by Crippen LogP contribution is 2.44. The van der Waals surface area contributed by atoms with Gasteiger partial charge in [-0.15, -0.1) is 0 Å². The van der Waals surface area contributed by atoms with Gasteiger partial charge in [0, 0.05) is 36.0 Å². The van der Waals surface area contributed by atoms with Crippen molar-refractivity contribution in [3.63, 3.8) is 0 Å². The molecule has 0 bridgehead atoms. The summed E-state index contributed by atoms with van der Waals surface area (Å²) in [5.74, 6) is -2.00. The van der Waals surface area contributed by atoms with Gasteiger partial charge >= 0.3 is 0 Å². The maximum absolute atomic E-state index is 14.3. The SMILES string of the molecule is CCC(F)(F)c1cccc(C2CCCC2Cc2nccc3c2C(C)=C(C)CCN3)c1. The monoisotopic (exact) mass is 410 g/mol. The normalized spacial score (nSPS) is 21.9. The van der Waals surface area contributed by atoms with Gasteiger partial charge in [0.05, 0.1) is 5.69 Å². The number of pyridine rings is 1. The number of anilines is 1. The van der Waals surface area contributed by atoms with E-state index in [1.165, 1.54) is 22.4 Å². The molecule has 1 aromatic heterocycles. The predicted molar refractivity (Wildman–Crippen MR) is 120 cm³/mol. The number of rotatable bonds is 5. The average molecular weight is 411 g/mol. The van der Waals surface area contributed by atoms with Gasteiger partial charge in [0.15, 0.2) is 0 Å².